The number of nitrogens with zero attached hydrogens (tertiary/aromatic N) is 3. The Balaban J connectivity index is 1.66. The zero-order valence-electron chi connectivity index (χ0n) is 15.8. The van der Waals surface area contributed by atoms with Crippen molar-refractivity contribution >= 4 is 44.8 Å². The van der Waals surface area contributed by atoms with Crippen LogP contribution in [0.15, 0.2) is 65.2 Å². The van der Waals surface area contributed by atoms with Gasteiger partial charge >= 0.3 is 0 Å². The first-order chi connectivity index (χ1) is 14.3. The molecule has 1 N–H and O–H groups in total. The van der Waals surface area contributed by atoms with Gasteiger partial charge in [0.25, 0.3) is 5.91 Å². The number of rotatable bonds is 5. The van der Waals surface area contributed by atoms with E-state index in [1.807, 2.05) is 6.07 Å². The third kappa shape index (κ3) is 5.12. The second-order valence-corrected chi connectivity index (χ2v) is 9.27. The number of carbonyl (C=O) groups is 1. The molecule has 1 aliphatic rings. The molecular weight excluding hydrogens is 447 g/mol. The number of halogens is 2. The van der Waals surface area contributed by atoms with Crippen molar-refractivity contribution in [1.29, 1.82) is 5.26 Å². The minimum Gasteiger partial charge on any atom is -0.373 e. The lowest BCUT2D eigenvalue weighted by molar-refractivity contribution is -0.112. The van der Waals surface area contributed by atoms with E-state index in [0.29, 0.717) is 28.8 Å². The van der Waals surface area contributed by atoms with E-state index in [1.165, 1.54) is 16.6 Å². The van der Waals surface area contributed by atoms with Gasteiger partial charge in [-0.25, -0.2) is 8.42 Å². The van der Waals surface area contributed by atoms with Gasteiger partial charge in [0.1, 0.15) is 11.6 Å². The highest BCUT2D eigenvalue weighted by molar-refractivity contribution is 7.89. The molecule has 0 aromatic heterocycles. The third-order valence-electron chi connectivity index (χ3n) is 4.51. The summed E-state index contributed by atoms with van der Waals surface area (Å²) in [6, 6.07) is 14.7. The molecule has 0 bridgehead atoms. The van der Waals surface area contributed by atoms with Crippen LogP contribution in [0.25, 0.3) is 0 Å². The Hall–Kier alpha value is -2.57. The second-order valence-electron chi connectivity index (χ2n) is 6.49. The van der Waals surface area contributed by atoms with Gasteiger partial charge in [-0.2, -0.15) is 9.57 Å². The number of hydrogen-bond donors (Lipinski definition) is 1. The first kappa shape index (κ1) is 22.1. The molecular formula is C20H18Cl2N4O3S. The van der Waals surface area contributed by atoms with E-state index in [1.54, 1.807) is 47.4 Å². The Morgan fingerprint density at radius 2 is 1.73 bits per heavy atom. The van der Waals surface area contributed by atoms with E-state index in [0.717, 1.165) is 0 Å². The summed E-state index contributed by atoms with van der Waals surface area (Å²) in [5.41, 5.74) is 0.180. The lowest BCUT2D eigenvalue weighted by Crippen LogP contribution is -2.46. The number of amides is 1. The molecule has 0 aliphatic carbocycles. The number of hydrogen-bond acceptors (Lipinski definition) is 5. The molecule has 156 valence electrons. The largest absolute Gasteiger partial charge is 0.373 e. The minimum atomic E-state index is -3.57. The lowest BCUT2D eigenvalue weighted by Gasteiger charge is -2.33. The highest BCUT2D eigenvalue weighted by Gasteiger charge is 2.28. The summed E-state index contributed by atoms with van der Waals surface area (Å²) in [7, 11) is -3.57. The predicted molar refractivity (Wildman–Crippen MR) is 116 cm³/mol. The molecule has 1 heterocycles. The van der Waals surface area contributed by atoms with Crippen molar-refractivity contribution in [3.8, 4) is 6.07 Å². The maximum Gasteiger partial charge on any atom is 0.267 e. The summed E-state index contributed by atoms with van der Waals surface area (Å²) in [6.07, 6.45) is 1.43. The first-order valence-electron chi connectivity index (χ1n) is 8.99. The van der Waals surface area contributed by atoms with E-state index in [9.17, 15) is 18.5 Å². The summed E-state index contributed by atoms with van der Waals surface area (Å²) in [5.74, 6) is -0.624. The average molecular weight is 465 g/mol. The van der Waals surface area contributed by atoms with Gasteiger partial charge < -0.3 is 10.2 Å². The number of piperazine rings is 1. The Bertz CT molecular complexity index is 1110. The van der Waals surface area contributed by atoms with Crippen LogP contribution in [0.3, 0.4) is 0 Å². The maximum atomic E-state index is 12.7. The van der Waals surface area contributed by atoms with E-state index in [-0.39, 0.29) is 23.6 Å². The fraction of sp³-hybridized carbons (Fsp3) is 0.200. The standard InChI is InChI=1S/C20H18Cl2N4O3S/c21-16-6-7-18(22)19(12-16)24-20(27)15(13-23)14-25-8-10-26(11-9-25)30(28,29)17-4-2-1-3-5-17/h1-7,12,14H,8-11H2,(H,24,27)/b15-14-. The summed E-state index contributed by atoms with van der Waals surface area (Å²) >= 11 is 12.0. The van der Waals surface area contributed by atoms with Gasteiger partial charge in [0, 0.05) is 37.4 Å². The summed E-state index contributed by atoms with van der Waals surface area (Å²) < 4.78 is 26.8. The molecule has 1 amide bonds. The van der Waals surface area contributed by atoms with Gasteiger partial charge in [-0.05, 0) is 30.3 Å². The molecule has 0 saturated carbocycles. The Labute approximate surface area is 185 Å². The molecule has 1 fully saturated rings. The zero-order chi connectivity index (χ0) is 21.7. The number of nitrogens with one attached hydrogen (secondary N) is 1. The molecule has 0 atom stereocenters. The van der Waals surface area contributed by atoms with Gasteiger partial charge in [0.15, 0.2) is 0 Å². The fourth-order valence-corrected chi connectivity index (χ4v) is 4.70. The molecule has 2 aromatic carbocycles. The highest BCUT2D eigenvalue weighted by atomic mass is 35.5. The van der Waals surface area contributed by atoms with Gasteiger partial charge in [-0.3, -0.25) is 4.79 Å². The van der Waals surface area contributed by atoms with E-state index in [4.69, 9.17) is 23.2 Å². The molecule has 0 unspecified atom stereocenters. The van der Waals surface area contributed by atoms with Crippen molar-refractivity contribution < 1.29 is 13.2 Å². The smallest absolute Gasteiger partial charge is 0.267 e. The molecule has 1 aliphatic heterocycles. The molecule has 30 heavy (non-hydrogen) atoms. The Morgan fingerprint density at radius 1 is 1.07 bits per heavy atom. The average Bonchev–Trinajstić information content (AvgIpc) is 2.75. The lowest BCUT2D eigenvalue weighted by atomic mass is 10.2. The van der Waals surface area contributed by atoms with Crippen LogP contribution in [0, 0.1) is 11.3 Å². The Morgan fingerprint density at radius 3 is 2.37 bits per heavy atom. The molecule has 0 spiro atoms. The van der Waals surface area contributed by atoms with Crippen molar-refractivity contribution in [3.05, 3.63) is 70.3 Å². The van der Waals surface area contributed by atoms with Gasteiger partial charge in [-0.1, -0.05) is 41.4 Å². The van der Waals surface area contributed by atoms with Crippen molar-refractivity contribution in [1.82, 2.24) is 9.21 Å². The zero-order valence-corrected chi connectivity index (χ0v) is 18.1. The van der Waals surface area contributed by atoms with Crippen LogP contribution in [-0.4, -0.2) is 49.7 Å². The fourth-order valence-electron chi connectivity index (χ4n) is 2.92. The second kappa shape index (κ2) is 9.49. The molecule has 3 rings (SSSR count). The van der Waals surface area contributed by atoms with Gasteiger partial charge in [-0.15, -0.1) is 0 Å². The minimum absolute atomic E-state index is 0.120. The van der Waals surface area contributed by atoms with Gasteiger partial charge in [0.2, 0.25) is 10.0 Å². The third-order valence-corrected chi connectivity index (χ3v) is 6.99. The van der Waals surface area contributed by atoms with Gasteiger partial charge in [0.05, 0.1) is 15.6 Å². The quantitative estimate of drug-likeness (QED) is 0.540. The first-order valence-corrected chi connectivity index (χ1v) is 11.2. The summed E-state index contributed by atoms with van der Waals surface area (Å²) in [6.45, 7) is 1.19. The number of sulfonamides is 1. The van der Waals surface area contributed by atoms with Crippen LogP contribution in [0.5, 0.6) is 0 Å². The molecule has 10 heteroatoms. The molecule has 1 saturated heterocycles. The van der Waals surface area contributed by atoms with E-state index < -0.39 is 15.9 Å². The predicted octanol–water partition coefficient (Wildman–Crippen LogP) is 3.35. The summed E-state index contributed by atoms with van der Waals surface area (Å²) in [5, 5.41) is 12.6. The van der Waals surface area contributed by atoms with Crippen molar-refractivity contribution in [2.45, 2.75) is 4.90 Å². The van der Waals surface area contributed by atoms with Crippen LogP contribution >= 0.6 is 23.2 Å². The molecule has 7 nitrogen and oxygen atoms in total. The van der Waals surface area contributed by atoms with Crippen LogP contribution in [0.1, 0.15) is 0 Å². The normalized spacial score (nSPS) is 15.5. The van der Waals surface area contributed by atoms with E-state index >= 15 is 0 Å². The number of anilines is 1. The number of benzene rings is 2. The number of carbonyl (C=O) groups excluding carboxylic acids is 1. The SMILES string of the molecule is N#C/C(=C/N1CCN(S(=O)(=O)c2ccccc2)CC1)C(=O)Nc1cc(Cl)ccc1Cl. The Kier molecular flexibility index (Phi) is 7.00. The molecule has 0 radical (unpaired) electrons. The van der Waals surface area contributed by atoms with Crippen LogP contribution in [0.4, 0.5) is 5.69 Å². The topological polar surface area (TPSA) is 93.5 Å². The number of nitriles is 1. The van der Waals surface area contributed by atoms with E-state index in [2.05, 4.69) is 5.32 Å². The van der Waals surface area contributed by atoms with Crippen molar-refractivity contribution in [2.24, 2.45) is 0 Å². The molecule has 2 aromatic rings. The van der Waals surface area contributed by atoms with Crippen LogP contribution < -0.4 is 5.32 Å². The van der Waals surface area contributed by atoms with Crippen LogP contribution in [0.2, 0.25) is 10.0 Å². The van der Waals surface area contributed by atoms with Crippen LogP contribution in [-0.2, 0) is 14.8 Å². The summed E-state index contributed by atoms with van der Waals surface area (Å²) in [4.78, 5) is 14.4. The maximum absolute atomic E-state index is 12.7. The van der Waals surface area contributed by atoms with Crippen molar-refractivity contribution in [3.63, 3.8) is 0 Å². The monoisotopic (exact) mass is 464 g/mol. The van der Waals surface area contributed by atoms with Crippen molar-refractivity contribution in [2.75, 3.05) is 31.5 Å². The highest BCUT2D eigenvalue weighted by Crippen LogP contribution is 2.26.